The summed E-state index contributed by atoms with van der Waals surface area (Å²) < 4.78 is 0. The van der Waals surface area contributed by atoms with Gasteiger partial charge in [0.25, 0.3) is 0 Å². The molecule has 102 valence electrons. The van der Waals surface area contributed by atoms with E-state index in [1.165, 1.54) is 0 Å². The summed E-state index contributed by atoms with van der Waals surface area (Å²) in [5.41, 5.74) is 0.133. The van der Waals surface area contributed by atoms with Crippen molar-refractivity contribution in [3.05, 3.63) is 47.5 Å². The molecule has 1 aromatic rings. The van der Waals surface area contributed by atoms with Crippen LogP contribution in [0, 0.1) is 29.1 Å². The van der Waals surface area contributed by atoms with Crippen molar-refractivity contribution in [2.45, 2.75) is 26.4 Å². The maximum Gasteiger partial charge on any atom is 0.162 e. The van der Waals surface area contributed by atoms with E-state index in [9.17, 15) is 9.90 Å². The van der Waals surface area contributed by atoms with Gasteiger partial charge in [0, 0.05) is 17.4 Å². The van der Waals surface area contributed by atoms with Gasteiger partial charge in [0.1, 0.15) is 5.60 Å². The van der Waals surface area contributed by atoms with Crippen molar-refractivity contribution in [1.82, 2.24) is 0 Å². The number of allylic oxidation sites excluding steroid dienone is 1. The Morgan fingerprint density at radius 1 is 1.20 bits per heavy atom. The van der Waals surface area contributed by atoms with Crippen LogP contribution in [-0.2, 0) is 4.79 Å². The van der Waals surface area contributed by atoms with Crippen molar-refractivity contribution in [3.63, 3.8) is 0 Å². The van der Waals surface area contributed by atoms with Gasteiger partial charge >= 0.3 is 0 Å². The number of fused-ring (bicyclic) bond motifs is 1. The lowest BCUT2D eigenvalue weighted by molar-refractivity contribution is -0.118. The first-order valence-electron chi connectivity index (χ1n) is 6.90. The van der Waals surface area contributed by atoms with Gasteiger partial charge < -0.3 is 5.11 Å². The standard InChI is InChI=1S/C18H18O2/c1-12-11-18(20,10-9-13-7-5-4-6-8-13)16-14(15(12)19)17(16,2)3/h4-8,11,14,16,20H,1-3H3/t14-,16+,18+/m0/s1. The first kappa shape index (κ1) is 13.1. The summed E-state index contributed by atoms with van der Waals surface area (Å²) in [6.45, 7) is 5.83. The van der Waals surface area contributed by atoms with Gasteiger partial charge in [0.05, 0.1) is 0 Å². The smallest absolute Gasteiger partial charge is 0.162 e. The van der Waals surface area contributed by atoms with Crippen LogP contribution in [0.3, 0.4) is 0 Å². The number of rotatable bonds is 0. The molecule has 3 rings (SSSR count). The van der Waals surface area contributed by atoms with Crippen LogP contribution in [0.1, 0.15) is 26.3 Å². The highest BCUT2D eigenvalue weighted by Crippen LogP contribution is 2.66. The topological polar surface area (TPSA) is 37.3 Å². The molecule has 2 heteroatoms. The van der Waals surface area contributed by atoms with E-state index in [-0.39, 0.29) is 23.0 Å². The molecule has 1 fully saturated rings. The van der Waals surface area contributed by atoms with Gasteiger partial charge in [-0.2, -0.15) is 0 Å². The second-order valence-electron chi connectivity index (χ2n) is 6.41. The summed E-state index contributed by atoms with van der Waals surface area (Å²) in [5.74, 6) is 5.99. The largest absolute Gasteiger partial charge is 0.374 e. The van der Waals surface area contributed by atoms with Crippen LogP contribution in [0.2, 0.25) is 0 Å². The number of hydrogen-bond donors (Lipinski definition) is 1. The molecule has 0 spiro atoms. The molecule has 0 radical (unpaired) electrons. The maximum absolute atomic E-state index is 12.1. The van der Waals surface area contributed by atoms with Crippen molar-refractivity contribution in [2.24, 2.45) is 17.3 Å². The summed E-state index contributed by atoms with van der Waals surface area (Å²) in [5, 5.41) is 10.9. The fourth-order valence-electron chi connectivity index (χ4n) is 3.49. The highest BCUT2D eigenvalue weighted by molar-refractivity contribution is 6.01. The third-order valence-electron chi connectivity index (χ3n) is 4.59. The van der Waals surface area contributed by atoms with Gasteiger partial charge in [-0.1, -0.05) is 43.9 Å². The van der Waals surface area contributed by atoms with Crippen LogP contribution < -0.4 is 0 Å². The zero-order valence-electron chi connectivity index (χ0n) is 12.0. The molecule has 20 heavy (non-hydrogen) atoms. The van der Waals surface area contributed by atoms with Gasteiger partial charge in [-0.05, 0) is 36.1 Å². The zero-order valence-corrected chi connectivity index (χ0v) is 12.0. The molecule has 0 heterocycles. The minimum absolute atomic E-state index is 0.0948. The predicted octanol–water partition coefficient (Wildman–Crippen LogP) is 2.57. The van der Waals surface area contributed by atoms with Gasteiger partial charge in [0.15, 0.2) is 5.78 Å². The van der Waals surface area contributed by atoms with Crippen LogP contribution in [0.5, 0.6) is 0 Å². The maximum atomic E-state index is 12.1. The number of aliphatic hydroxyl groups is 1. The van der Waals surface area contributed by atoms with Crippen LogP contribution in [0.25, 0.3) is 0 Å². The number of carbonyl (C=O) groups is 1. The number of benzene rings is 1. The van der Waals surface area contributed by atoms with Gasteiger partial charge in [0.2, 0.25) is 0 Å². The summed E-state index contributed by atoms with van der Waals surface area (Å²) in [7, 11) is 0. The van der Waals surface area contributed by atoms with E-state index < -0.39 is 5.60 Å². The van der Waals surface area contributed by atoms with Crippen molar-refractivity contribution in [3.8, 4) is 11.8 Å². The third-order valence-corrected chi connectivity index (χ3v) is 4.59. The second kappa shape index (κ2) is 4.07. The zero-order chi connectivity index (χ0) is 14.5. The minimum Gasteiger partial charge on any atom is -0.374 e. The molecule has 3 atom stereocenters. The van der Waals surface area contributed by atoms with Crippen molar-refractivity contribution < 1.29 is 9.90 Å². The highest BCUT2D eigenvalue weighted by Gasteiger charge is 2.70. The Bertz CT molecular complexity index is 658. The van der Waals surface area contributed by atoms with E-state index in [2.05, 4.69) is 11.8 Å². The van der Waals surface area contributed by atoms with Crippen LogP contribution in [-0.4, -0.2) is 16.5 Å². The lowest BCUT2D eigenvalue weighted by atomic mass is 9.86. The van der Waals surface area contributed by atoms with Crippen molar-refractivity contribution in [1.29, 1.82) is 0 Å². The summed E-state index contributed by atoms with van der Waals surface area (Å²) in [4.78, 5) is 12.1. The molecule has 0 aliphatic heterocycles. The Hall–Kier alpha value is -1.85. The van der Waals surface area contributed by atoms with Crippen LogP contribution in [0.15, 0.2) is 42.0 Å². The van der Waals surface area contributed by atoms with E-state index in [1.54, 1.807) is 13.0 Å². The molecule has 2 nitrogen and oxygen atoms in total. The Morgan fingerprint density at radius 2 is 1.85 bits per heavy atom. The average Bonchev–Trinajstić information content (AvgIpc) is 3.00. The molecule has 0 unspecified atom stereocenters. The number of ketones is 1. The fourth-order valence-corrected chi connectivity index (χ4v) is 3.49. The first-order valence-corrected chi connectivity index (χ1v) is 6.90. The predicted molar refractivity (Wildman–Crippen MR) is 77.8 cm³/mol. The number of carbonyl (C=O) groups excluding carboxylic acids is 1. The van der Waals surface area contributed by atoms with E-state index in [4.69, 9.17) is 0 Å². The summed E-state index contributed by atoms with van der Waals surface area (Å²) in [6.07, 6.45) is 1.64. The Balaban J connectivity index is 2.00. The third kappa shape index (κ3) is 1.82. The van der Waals surface area contributed by atoms with E-state index in [1.807, 2.05) is 44.2 Å². The minimum atomic E-state index is -1.19. The van der Waals surface area contributed by atoms with E-state index >= 15 is 0 Å². The molecule has 2 aliphatic rings. The lowest BCUT2D eigenvalue weighted by Gasteiger charge is -2.23. The van der Waals surface area contributed by atoms with Gasteiger partial charge in [-0.3, -0.25) is 4.79 Å². The Labute approximate surface area is 119 Å². The molecule has 1 N–H and O–H groups in total. The van der Waals surface area contributed by atoms with Crippen molar-refractivity contribution >= 4 is 5.78 Å². The van der Waals surface area contributed by atoms with Crippen molar-refractivity contribution in [2.75, 3.05) is 0 Å². The molecule has 0 bridgehead atoms. The van der Waals surface area contributed by atoms with Gasteiger partial charge in [-0.25, -0.2) is 0 Å². The molecule has 0 amide bonds. The SMILES string of the molecule is CC1=C[C@](O)(C#Cc2ccccc2)[C@@H]2[C@H](C1=O)C2(C)C. The Morgan fingerprint density at radius 3 is 2.50 bits per heavy atom. The van der Waals surface area contributed by atoms with Crippen LogP contribution >= 0.6 is 0 Å². The molecule has 1 aromatic carbocycles. The molecule has 1 saturated carbocycles. The normalized spacial score (nSPS) is 33.6. The first-order chi connectivity index (χ1) is 9.36. The van der Waals surface area contributed by atoms with E-state index in [0.29, 0.717) is 5.57 Å². The molecule has 2 aliphatic carbocycles. The number of Topliss-reactive ketones (excluding diaryl/α,β-unsaturated/α-hetero) is 1. The fraction of sp³-hybridized carbons (Fsp3) is 0.389. The molecule has 0 saturated heterocycles. The van der Waals surface area contributed by atoms with Crippen LogP contribution in [0.4, 0.5) is 0 Å². The molecular weight excluding hydrogens is 248 g/mol. The van der Waals surface area contributed by atoms with Gasteiger partial charge in [-0.15, -0.1) is 0 Å². The summed E-state index contributed by atoms with van der Waals surface area (Å²) >= 11 is 0. The lowest BCUT2D eigenvalue weighted by Crippen LogP contribution is -2.33. The quantitative estimate of drug-likeness (QED) is 0.733. The molecular formula is C18H18O2. The molecule has 0 aromatic heterocycles. The Kier molecular flexibility index (Phi) is 2.68. The van der Waals surface area contributed by atoms with E-state index in [0.717, 1.165) is 5.56 Å². The summed E-state index contributed by atoms with van der Waals surface area (Å²) in [6, 6.07) is 9.60. The average molecular weight is 266 g/mol. The number of hydrogen-bond acceptors (Lipinski definition) is 2. The highest BCUT2D eigenvalue weighted by atomic mass is 16.3. The second-order valence-corrected chi connectivity index (χ2v) is 6.41. The monoisotopic (exact) mass is 266 g/mol.